The Kier molecular flexibility index (Phi) is 7.57. The number of nitrogens with zero attached hydrogens (tertiary/aromatic N) is 1. The summed E-state index contributed by atoms with van der Waals surface area (Å²) in [6.45, 7) is 3.79. The maximum atomic E-state index is 12.6. The van der Waals surface area contributed by atoms with Crippen LogP contribution in [0, 0.1) is 12.8 Å². The fourth-order valence-electron chi connectivity index (χ4n) is 4.00. The molecule has 160 valence electrons. The van der Waals surface area contributed by atoms with E-state index in [0.717, 1.165) is 25.9 Å². The first-order chi connectivity index (χ1) is 14.5. The average Bonchev–Trinajstić information content (AvgIpc) is 2.79. The highest BCUT2D eigenvalue weighted by Gasteiger charge is 2.29. The first kappa shape index (κ1) is 22.0. The van der Waals surface area contributed by atoms with E-state index < -0.39 is 18.6 Å². The van der Waals surface area contributed by atoms with E-state index in [2.05, 4.69) is 47.5 Å². The quantitative estimate of drug-likeness (QED) is 0.411. The second kappa shape index (κ2) is 10.3. The number of hydroxylamine groups is 1. The van der Waals surface area contributed by atoms with E-state index in [1.165, 1.54) is 27.7 Å². The number of carbonyl (C=O) groups is 2. The molecule has 3 rings (SSSR count). The lowest BCUT2D eigenvalue weighted by Crippen LogP contribution is -2.52. The third kappa shape index (κ3) is 5.24. The molecule has 1 aliphatic heterocycles. The SMILES string of the molecule is Cc1c(CN2CCCC(C(=O)NC(CO)C(=O)NO)C2)cccc1-c1ccccc1. The average molecular weight is 412 g/mol. The standard InChI is InChI=1S/C23H29N3O4/c1-16-18(9-5-11-20(16)17-7-3-2-4-8-17)13-26-12-6-10-19(14-26)22(28)24-21(15-27)23(29)25-30/h2-5,7-9,11,19,21,27,30H,6,10,12-15H2,1H3,(H,24,28)(H,25,29). The van der Waals surface area contributed by atoms with Crippen molar-refractivity contribution < 1.29 is 19.9 Å². The van der Waals surface area contributed by atoms with Crippen LogP contribution in [0.4, 0.5) is 0 Å². The molecule has 1 heterocycles. The van der Waals surface area contributed by atoms with Gasteiger partial charge < -0.3 is 10.4 Å². The maximum Gasteiger partial charge on any atom is 0.268 e. The molecule has 2 aromatic rings. The molecule has 0 aromatic heterocycles. The smallest absolute Gasteiger partial charge is 0.268 e. The highest BCUT2D eigenvalue weighted by atomic mass is 16.5. The van der Waals surface area contributed by atoms with Gasteiger partial charge in [0, 0.05) is 13.1 Å². The third-order valence-electron chi connectivity index (χ3n) is 5.73. The van der Waals surface area contributed by atoms with Crippen molar-refractivity contribution in [2.75, 3.05) is 19.7 Å². The van der Waals surface area contributed by atoms with E-state index in [9.17, 15) is 14.7 Å². The van der Waals surface area contributed by atoms with Gasteiger partial charge in [0.05, 0.1) is 12.5 Å². The number of carbonyl (C=O) groups excluding carboxylic acids is 2. The Morgan fingerprint density at radius 3 is 2.63 bits per heavy atom. The number of aliphatic hydroxyl groups excluding tert-OH is 1. The van der Waals surface area contributed by atoms with Gasteiger partial charge in [-0.25, -0.2) is 5.48 Å². The van der Waals surface area contributed by atoms with Gasteiger partial charge in [0.15, 0.2) is 0 Å². The van der Waals surface area contributed by atoms with Crippen molar-refractivity contribution in [3.05, 3.63) is 59.7 Å². The van der Waals surface area contributed by atoms with Crippen molar-refractivity contribution in [1.29, 1.82) is 0 Å². The predicted octanol–water partition coefficient (Wildman–Crippen LogP) is 1.86. The summed E-state index contributed by atoms with van der Waals surface area (Å²) in [7, 11) is 0. The molecule has 4 N–H and O–H groups in total. The highest BCUT2D eigenvalue weighted by Crippen LogP contribution is 2.27. The van der Waals surface area contributed by atoms with Gasteiger partial charge in [-0.2, -0.15) is 0 Å². The zero-order valence-corrected chi connectivity index (χ0v) is 17.2. The summed E-state index contributed by atoms with van der Waals surface area (Å²) in [6.07, 6.45) is 1.61. The lowest BCUT2D eigenvalue weighted by Gasteiger charge is -2.33. The van der Waals surface area contributed by atoms with Gasteiger partial charge in [-0.05, 0) is 48.6 Å². The molecule has 7 nitrogen and oxygen atoms in total. The molecule has 2 aromatic carbocycles. The molecule has 1 fully saturated rings. The number of piperidine rings is 1. The van der Waals surface area contributed by atoms with E-state index in [0.29, 0.717) is 6.54 Å². The molecule has 0 bridgehead atoms. The number of hydrogen-bond acceptors (Lipinski definition) is 5. The second-order valence-corrected chi connectivity index (χ2v) is 7.75. The van der Waals surface area contributed by atoms with Crippen molar-refractivity contribution in [3.63, 3.8) is 0 Å². The maximum absolute atomic E-state index is 12.6. The lowest BCUT2D eigenvalue weighted by molar-refractivity contribution is -0.137. The number of rotatable bonds is 7. The summed E-state index contributed by atoms with van der Waals surface area (Å²) in [4.78, 5) is 26.3. The van der Waals surface area contributed by atoms with E-state index in [4.69, 9.17) is 5.21 Å². The van der Waals surface area contributed by atoms with E-state index in [1.54, 1.807) is 0 Å². The molecular formula is C23H29N3O4. The largest absolute Gasteiger partial charge is 0.394 e. The van der Waals surface area contributed by atoms with Gasteiger partial charge in [-0.3, -0.25) is 19.7 Å². The first-order valence-electron chi connectivity index (χ1n) is 10.2. The zero-order chi connectivity index (χ0) is 21.5. The normalized spacial score (nSPS) is 17.9. The van der Waals surface area contributed by atoms with Crippen LogP contribution >= 0.6 is 0 Å². The Morgan fingerprint density at radius 2 is 1.93 bits per heavy atom. The second-order valence-electron chi connectivity index (χ2n) is 7.75. The zero-order valence-electron chi connectivity index (χ0n) is 17.2. The Hall–Kier alpha value is -2.74. The minimum atomic E-state index is -1.15. The topological polar surface area (TPSA) is 102 Å². The van der Waals surface area contributed by atoms with Gasteiger partial charge in [0.1, 0.15) is 6.04 Å². The van der Waals surface area contributed by atoms with Crippen LogP contribution in [-0.4, -0.2) is 52.8 Å². The van der Waals surface area contributed by atoms with Crippen LogP contribution in [0.1, 0.15) is 24.0 Å². The number of likely N-dealkylation sites (tertiary alicyclic amines) is 1. The minimum Gasteiger partial charge on any atom is -0.394 e. The summed E-state index contributed by atoms with van der Waals surface area (Å²) in [5.74, 6) is -1.37. The summed E-state index contributed by atoms with van der Waals surface area (Å²) in [5.41, 5.74) is 6.32. The molecule has 2 amide bonds. The Bertz CT molecular complexity index is 872. The van der Waals surface area contributed by atoms with Crippen LogP contribution in [0.5, 0.6) is 0 Å². The molecule has 30 heavy (non-hydrogen) atoms. The Balaban J connectivity index is 1.67. The Labute approximate surface area is 176 Å². The number of aliphatic hydroxyl groups is 1. The fraction of sp³-hybridized carbons (Fsp3) is 0.391. The fourth-order valence-corrected chi connectivity index (χ4v) is 4.00. The number of nitrogens with one attached hydrogen (secondary N) is 2. The van der Waals surface area contributed by atoms with Crippen LogP contribution in [0.15, 0.2) is 48.5 Å². The lowest BCUT2D eigenvalue weighted by atomic mass is 9.94. The number of hydrogen-bond donors (Lipinski definition) is 4. The molecule has 1 aliphatic rings. The minimum absolute atomic E-state index is 0.267. The van der Waals surface area contributed by atoms with Gasteiger partial charge >= 0.3 is 0 Å². The predicted molar refractivity (Wildman–Crippen MR) is 114 cm³/mol. The van der Waals surface area contributed by atoms with Crippen LogP contribution in [-0.2, 0) is 16.1 Å². The van der Waals surface area contributed by atoms with Crippen LogP contribution in [0.25, 0.3) is 11.1 Å². The third-order valence-corrected chi connectivity index (χ3v) is 5.73. The molecule has 0 saturated carbocycles. The van der Waals surface area contributed by atoms with Gasteiger partial charge in [0.2, 0.25) is 5.91 Å². The molecule has 0 aliphatic carbocycles. The van der Waals surface area contributed by atoms with Crippen molar-refractivity contribution in [3.8, 4) is 11.1 Å². The monoisotopic (exact) mass is 411 g/mol. The van der Waals surface area contributed by atoms with Gasteiger partial charge in [-0.1, -0.05) is 48.5 Å². The summed E-state index contributed by atoms with van der Waals surface area (Å²) >= 11 is 0. The van der Waals surface area contributed by atoms with Crippen molar-refractivity contribution in [1.82, 2.24) is 15.7 Å². The van der Waals surface area contributed by atoms with Crippen LogP contribution < -0.4 is 10.8 Å². The van der Waals surface area contributed by atoms with Crippen molar-refractivity contribution in [2.45, 2.75) is 32.4 Å². The van der Waals surface area contributed by atoms with Gasteiger partial charge in [0.25, 0.3) is 5.91 Å². The molecule has 0 spiro atoms. The molecule has 2 atom stereocenters. The van der Waals surface area contributed by atoms with Crippen molar-refractivity contribution >= 4 is 11.8 Å². The van der Waals surface area contributed by atoms with E-state index in [1.807, 2.05) is 18.2 Å². The highest BCUT2D eigenvalue weighted by molar-refractivity contribution is 5.88. The van der Waals surface area contributed by atoms with Crippen molar-refractivity contribution in [2.24, 2.45) is 5.92 Å². The van der Waals surface area contributed by atoms with Crippen LogP contribution in [0.3, 0.4) is 0 Å². The van der Waals surface area contributed by atoms with E-state index in [-0.39, 0.29) is 11.8 Å². The molecular weight excluding hydrogens is 382 g/mol. The summed E-state index contributed by atoms with van der Waals surface area (Å²) in [5, 5.41) is 20.5. The van der Waals surface area contributed by atoms with Gasteiger partial charge in [-0.15, -0.1) is 0 Å². The number of amides is 2. The first-order valence-corrected chi connectivity index (χ1v) is 10.2. The molecule has 0 radical (unpaired) electrons. The van der Waals surface area contributed by atoms with Crippen LogP contribution in [0.2, 0.25) is 0 Å². The van der Waals surface area contributed by atoms with E-state index >= 15 is 0 Å². The number of benzene rings is 2. The summed E-state index contributed by atoms with van der Waals surface area (Å²) < 4.78 is 0. The Morgan fingerprint density at radius 1 is 1.17 bits per heavy atom. The molecule has 1 saturated heterocycles. The summed E-state index contributed by atoms with van der Waals surface area (Å²) in [6, 6.07) is 15.5. The molecule has 2 unspecified atom stereocenters. The molecule has 7 heteroatoms.